The van der Waals surface area contributed by atoms with Gasteiger partial charge >= 0.3 is 0 Å². The molecule has 2 N–H and O–H groups in total. The number of carbonyl (C=O) groups excluding carboxylic acids is 1. The van der Waals surface area contributed by atoms with Crippen molar-refractivity contribution in [1.82, 2.24) is 4.98 Å². The van der Waals surface area contributed by atoms with Gasteiger partial charge in [0.05, 0.1) is 17.1 Å². The average molecular weight is 314 g/mol. The molecule has 5 heterocycles. The SMILES string of the molecule is O=C1C2=NC(=NC3=NC(=C4C=CC(=N4)Nc4ccc1[nH]4)C=C3)C=C2. The molecule has 7 heteroatoms. The van der Waals surface area contributed by atoms with Gasteiger partial charge in [-0.05, 0) is 48.6 Å². The number of ketones is 1. The van der Waals surface area contributed by atoms with E-state index in [1.54, 1.807) is 30.4 Å². The van der Waals surface area contributed by atoms with E-state index in [9.17, 15) is 4.79 Å². The molecular weight excluding hydrogens is 304 g/mol. The quantitative estimate of drug-likeness (QED) is 0.768. The highest BCUT2D eigenvalue weighted by atomic mass is 16.1. The molecule has 0 aliphatic carbocycles. The Hall–Kier alpha value is -3.61. The minimum absolute atomic E-state index is 0.188. The van der Waals surface area contributed by atoms with E-state index in [1.165, 1.54) is 0 Å². The monoisotopic (exact) mass is 314 g/mol. The van der Waals surface area contributed by atoms with Gasteiger partial charge in [-0.15, -0.1) is 0 Å². The van der Waals surface area contributed by atoms with E-state index < -0.39 is 0 Å². The first-order chi connectivity index (χ1) is 11.7. The fourth-order valence-electron chi connectivity index (χ4n) is 2.66. The van der Waals surface area contributed by atoms with Crippen molar-refractivity contribution in [1.29, 1.82) is 0 Å². The van der Waals surface area contributed by atoms with Crippen molar-refractivity contribution in [3.8, 4) is 0 Å². The molecule has 0 atom stereocenters. The number of rotatable bonds is 0. The second kappa shape index (κ2) is 4.69. The Morgan fingerprint density at radius 1 is 0.750 bits per heavy atom. The van der Waals surface area contributed by atoms with Crippen molar-refractivity contribution in [2.24, 2.45) is 20.0 Å². The van der Waals surface area contributed by atoms with Crippen molar-refractivity contribution < 1.29 is 4.79 Å². The lowest BCUT2D eigenvalue weighted by molar-refractivity contribution is 0.106. The number of hydrogen-bond donors (Lipinski definition) is 2. The summed E-state index contributed by atoms with van der Waals surface area (Å²) in [6.45, 7) is 0. The van der Waals surface area contributed by atoms with E-state index in [2.05, 4.69) is 30.3 Å². The summed E-state index contributed by atoms with van der Waals surface area (Å²) in [5.41, 5.74) is 2.30. The molecule has 4 aliphatic heterocycles. The number of Topliss-reactive ketones (excluding diaryl/α,β-unsaturated/α-hetero) is 1. The van der Waals surface area contributed by atoms with E-state index in [1.807, 2.05) is 18.2 Å². The normalized spacial score (nSPS) is 20.4. The first-order valence-electron chi connectivity index (χ1n) is 7.39. The zero-order valence-corrected chi connectivity index (χ0v) is 12.3. The Balaban J connectivity index is 1.68. The van der Waals surface area contributed by atoms with Gasteiger partial charge in [0, 0.05) is 0 Å². The van der Waals surface area contributed by atoms with Crippen molar-refractivity contribution in [3.63, 3.8) is 0 Å². The summed E-state index contributed by atoms with van der Waals surface area (Å²) >= 11 is 0. The maximum atomic E-state index is 12.5. The molecule has 24 heavy (non-hydrogen) atoms. The number of nitrogens with one attached hydrogen (secondary N) is 2. The summed E-state index contributed by atoms with van der Waals surface area (Å²) < 4.78 is 0. The van der Waals surface area contributed by atoms with Gasteiger partial charge in [-0.1, -0.05) is 0 Å². The number of hydrogen-bond acceptors (Lipinski definition) is 6. The van der Waals surface area contributed by atoms with Crippen LogP contribution < -0.4 is 5.32 Å². The van der Waals surface area contributed by atoms with E-state index >= 15 is 0 Å². The smallest absolute Gasteiger partial charge is 0.227 e. The number of H-pyrrole nitrogens is 1. The van der Waals surface area contributed by atoms with Gasteiger partial charge < -0.3 is 10.3 Å². The maximum absolute atomic E-state index is 12.5. The molecule has 1 aromatic rings. The molecule has 114 valence electrons. The highest BCUT2D eigenvalue weighted by Crippen LogP contribution is 2.22. The number of allylic oxidation sites excluding steroid dienone is 3. The first kappa shape index (κ1) is 12.9. The summed E-state index contributed by atoms with van der Waals surface area (Å²) in [7, 11) is 0. The Labute approximate surface area is 136 Å². The van der Waals surface area contributed by atoms with Gasteiger partial charge in [0.1, 0.15) is 17.4 Å². The van der Waals surface area contributed by atoms with Crippen LogP contribution in [-0.4, -0.2) is 34.0 Å². The topological polar surface area (TPSA) is 94.3 Å². The Morgan fingerprint density at radius 2 is 1.54 bits per heavy atom. The summed E-state index contributed by atoms with van der Waals surface area (Å²) in [6.07, 6.45) is 10.8. The fourth-order valence-corrected chi connectivity index (χ4v) is 2.66. The van der Waals surface area contributed by atoms with Crippen molar-refractivity contribution >= 4 is 34.8 Å². The zero-order valence-electron chi connectivity index (χ0n) is 12.3. The average Bonchev–Trinajstić information content (AvgIpc) is 3.33. The minimum Gasteiger partial charge on any atom is -0.339 e. The first-order valence-corrected chi connectivity index (χ1v) is 7.39. The Morgan fingerprint density at radius 3 is 2.50 bits per heavy atom. The molecule has 8 bridgehead atoms. The second-order valence-corrected chi connectivity index (χ2v) is 5.44. The fraction of sp³-hybridized carbons (Fsp3) is 0. The van der Waals surface area contributed by atoms with Crippen LogP contribution in [0.3, 0.4) is 0 Å². The number of aliphatic imine (C=N–C) groups is 4. The summed E-state index contributed by atoms with van der Waals surface area (Å²) in [5, 5.41) is 3.14. The van der Waals surface area contributed by atoms with Gasteiger partial charge in [-0.2, -0.15) is 0 Å². The molecule has 7 nitrogen and oxygen atoms in total. The minimum atomic E-state index is -0.188. The molecule has 0 saturated carbocycles. The van der Waals surface area contributed by atoms with Gasteiger partial charge in [0.2, 0.25) is 5.78 Å². The number of anilines is 1. The maximum Gasteiger partial charge on any atom is 0.227 e. The molecule has 5 rings (SSSR count). The molecule has 1 aromatic heterocycles. The molecule has 0 fully saturated rings. The van der Waals surface area contributed by atoms with E-state index in [0.29, 0.717) is 34.7 Å². The van der Waals surface area contributed by atoms with Crippen LogP contribution in [-0.2, 0) is 0 Å². The van der Waals surface area contributed by atoms with Gasteiger partial charge in [-0.25, -0.2) is 20.0 Å². The predicted octanol–water partition coefficient (Wildman–Crippen LogP) is 2.18. The van der Waals surface area contributed by atoms with Gasteiger partial charge in [0.25, 0.3) is 0 Å². The third kappa shape index (κ3) is 2.03. The number of carbonyl (C=O) groups is 1. The third-order valence-corrected chi connectivity index (χ3v) is 3.81. The highest BCUT2D eigenvalue weighted by molar-refractivity contribution is 6.52. The van der Waals surface area contributed by atoms with Crippen LogP contribution in [0.15, 0.2) is 80.0 Å². The van der Waals surface area contributed by atoms with E-state index in [0.717, 1.165) is 11.4 Å². The Bertz CT molecular complexity index is 1040. The van der Waals surface area contributed by atoms with Crippen LogP contribution in [0.1, 0.15) is 10.5 Å². The lowest BCUT2D eigenvalue weighted by atomic mass is 10.2. The third-order valence-electron chi connectivity index (χ3n) is 3.81. The van der Waals surface area contributed by atoms with Crippen LogP contribution in [0, 0.1) is 0 Å². The van der Waals surface area contributed by atoms with Crippen molar-refractivity contribution in [2.75, 3.05) is 5.32 Å². The van der Waals surface area contributed by atoms with Crippen LogP contribution >= 0.6 is 0 Å². The summed E-state index contributed by atoms with van der Waals surface area (Å²) in [6, 6.07) is 3.51. The predicted molar refractivity (Wildman–Crippen MR) is 92.9 cm³/mol. The zero-order chi connectivity index (χ0) is 16.1. The standard InChI is InChI=1S/C17H10N6O/c24-17-11-3-7-15(20-11)22-13-5-1-9(18-13)10-2-6-14(19-10)23-16-8-4-12(17)21-16/h1-8,20H,(H,18,22). The van der Waals surface area contributed by atoms with Gasteiger partial charge in [-0.3, -0.25) is 4.79 Å². The van der Waals surface area contributed by atoms with E-state index in [4.69, 9.17) is 0 Å². The molecule has 0 unspecified atom stereocenters. The largest absolute Gasteiger partial charge is 0.339 e. The molecule has 0 saturated heterocycles. The van der Waals surface area contributed by atoms with Gasteiger partial charge in [0.15, 0.2) is 11.7 Å². The molecule has 4 aliphatic rings. The number of fused-ring (bicyclic) bond motifs is 5. The van der Waals surface area contributed by atoms with Crippen LogP contribution in [0.4, 0.5) is 5.82 Å². The molecule has 0 aromatic carbocycles. The molecule has 0 spiro atoms. The lowest BCUT2D eigenvalue weighted by Gasteiger charge is -2.01. The summed E-state index contributed by atoms with van der Waals surface area (Å²) in [4.78, 5) is 33.1. The van der Waals surface area contributed by atoms with Crippen LogP contribution in [0.5, 0.6) is 0 Å². The van der Waals surface area contributed by atoms with Crippen molar-refractivity contribution in [3.05, 3.63) is 65.7 Å². The molecule has 0 radical (unpaired) electrons. The van der Waals surface area contributed by atoms with Crippen LogP contribution in [0.25, 0.3) is 0 Å². The Kier molecular flexibility index (Phi) is 2.52. The highest BCUT2D eigenvalue weighted by Gasteiger charge is 2.20. The molecule has 0 amide bonds. The van der Waals surface area contributed by atoms with Crippen LogP contribution in [0.2, 0.25) is 0 Å². The number of aromatic amines is 1. The number of aromatic nitrogens is 1. The van der Waals surface area contributed by atoms with Crippen molar-refractivity contribution in [2.45, 2.75) is 0 Å². The second-order valence-electron chi connectivity index (χ2n) is 5.44. The summed E-state index contributed by atoms with van der Waals surface area (Å²) in [5.74, 6) is 2.17. The lowest BCUT2D eigenvalue weighted by Crippen LogP contribution is -2.12. The van der Waals surface area contributed by atoms with E-state index in [-0.39, 0.29) is 5.78 Å². The molecular formula is C17H10N6O. The number of amidine groups is 3. The number of nitrogens with zero attached hydrogens (tertiary/aromatic N) is 4.